The van der Waals surface area contributed by atoms with Gasteiger partial charge in [-0.25, -0.2) is 14.2 Å². The Hall–Kier alpha value is -2.02. The largest absolute Gasteiger partial charge is 0.367 e. The summed E-state index contributed by atoms with van der Waals surface area (Å²) in [5.41, 5.74) is 1.04. The van der Waals surface area contributed by atoms with Crippen LogP contribution < -0.4 is 5.32 Å². The lowest BCUT2D eigenvalue weighted by atomic mass is 9.87. The molecule has 5 nitrogen and oxygen atoms in total. The Morgan fingerprint density at radius 3 is 2.96 bits per heavy atom. The first-order valence-electron chi connectivity index (χ1n) is 7.50. The molecule has 2 aliphatic rings. The van der Waals surface area contributed by atoms with E-state index in [1.54, 1.807) is 12.1 Å². The van der Waals surface area contributed by atoms with Gasteiger partial charge in [-0.05, 0) is 31.4 Å². The highest BCUT2D eigenvalue weighted by molar-refractivity contribution is 8.14. The van der Waals surface area contributed by atoms with Crippen molar-refractivity contribution < 1.29 is 14.0 Å². The highest BCUT2D eigenvalue weighted by Gasteiger charge is 2.30. The fourth-order valence-electron chi connectivity index (χ4n) is 2.74. The first-order chi connectivity index (χ1) is 11.1. The Morgan fingerprint density at radius 2 is 2.13 bits per heavy atom. The monoisotopic (exact) mass is 333 g/mol. The smallest absolute Gasteiger partial charge is 0.323 e. The minimum absolute atomic E-state index is 0.0627. The Balaban J connectivity index is 1.60. The van der Waals surface area contributed by atoms with Gasteiger partial charge in [0.15, 0.2) is 0 Å². The lowest BCUT2D eigenvalue weighted by Gasteiger charge is -2.26. The molecule has 1 unspecified atom stereocenters. The molecule has 1 N–H and O–H groups in total. The lowest BCUT2D eigenvalue weighted by Crippen LogP contribution is -2.31. The number of benzene rings is 1. The van der Waals surface area contributed by atoms with E-state index < -0.39 is 11.8 Å². The summed E-state index contributed by atoms with van der Waals surface area (Å²) < 4.78 is 13.5. The number of amides is 3. The van der Waals surface area contributed by atoms with Crippen LogP contribution in [-0.2, 0) is 4.79 Å². The summed E-state index contributed by atoms with van der Waals surface area (Å²) in [6.07, 6.45) is 3.83. The average Bonchev–Trinajstić information content (AvgIpc) is 2.54. The van der Waals surface area contributed by atoms with Gasteiger partial charge in [-0.1, -0.05) is 30.3 Å². The fraction of sp³-hybridized carbons (Fsp3) is 0.375. The van der Waals surface area contributed by atoms with E-state index in [0.717, 1.165) is 31.4 Å². The quantitative estimate of drug-likeness (QED) is 0.917. The topological polar surface area (TPSA) is 70.9 Å². The normalized spacial score (nSPS) is 20.4. The number of rotatable bonds is 3. The molecule has 1 atom stereocenters. The SMILES string of the molecule is O=C1N=C2CCCCC2C(SCC(=O)Nc2ccccc2F)=N1. The van der Waals surface area contributed by atoms with Crippen LogP contribution >= 0.6 is 11.8 Å². The van der Waals surface area contributed by atoms with E-state index in [0.29, 0.717) is 5.04 Å². The molecule has 0 saturated heterocycles. The number of hydrogen-bond acceptors (Lipinski definition) is 3. The number of anilines is 1. The van der Waals surface area contributed by atoms with Crippen LogP contribution in [-0.4, -0.2) is 28.4 Å². The van der Waals surface area contributed by atoms with Crippen molar-refractivity contribution in [3.63, 3.8) is 0 Å². The number of nitrogens with zero attached hydrogens (tertiary/aromatic N) is 2. The number of aliphatic imine (C=N–C) groups is 2. The van der Waals surface area contributed by atoms with Crippen molar-refractivity contribution in [1.82, 2.24) is 0 Å². The average molecular weight is 333 g/mol. The molecule has 7 heteroatoms. The molecule has 1 saturated carbocycles. The molecule has 120 valence electrons. The first-order valence-corrected chi connectivity index (χ1v) is 8.49. The van der Waals surface area contributed by atoms with Gasteiger partial charge in [0.2, 0.25) is 5.91 Å². The number of halogens is 1. The summed E-state index contributed by atoms with van der Waals surface area (Å²) in [7, 11) is 0. The van der Waals surface area contributed by atoms with Crippen molar-refractivity contribution in [2.24, 2.45) is 15.9 Å². The van der Waals surface area contributed by atoms with Gasteiger partial charge in [-0.15, -0.1) is 0 Å². The van der Waals surface area contributed by atoms with E-state index in [2.05, 4.69) is 15.3 Å². The molecular formula is C16H16FN3O2S. The van der Waals surface area contributed by atoms with Gasteiger partial charge < -0.3 is 5.32 Å². The van der Waals surface area contributed by atoms with E-state index in [1.807, 2.05) is 0 Å². The van der Waals surface area contributed by atoms with Crippen LogP contribution in [0.25, 0.3) is 0 Å². The van der Waals surface area contributed by atoms with Crippen LogP contribution in [0.4, 0.5) is 14.9 Å². The number of para-hydroxylation sites is 1. The summed E-state index contributed by atoms with van der Waals surface area (Å²) in [5.74, 6) is -0.648. The Labute approximate surface area is 137 Å². The van der Waals surface area contributed by atoms with Crippen molar-refractivity contribution in [3.05, 3.63) is 30.1 Å². The maximum atomic E-state index is 13.5. The van der Waals surface area contributed by atoms with Crippen molar-refractivity contribution in [1.29, 1.82) is 0 Å². The Morgan fingerprint density at radius 1 is 1.30 bits per heavy atom. The molecule has 0 spiro atoms. The van der Waals surface area contributed by atoms with Crippen LogP contribution in [0, 0.1) is 11.7 Å². The highest BCUT2D eigenvalue weighted by Crippen LogP contribution is 2.30. The van der Waals surface area contributed by atoms with Crippen molar-refractivity contribution in [3.8, 4) is 0 Å². The van der Waals surface area contributed by atoms with Crippen LogP contribution in [0.3, 0.4) is 0 Å². The van der Waals surface area contributed by atoms with Crippen molar-refractivity contribution >= 4 is 40.1 Å². The summed E-state index contributed by atoms with van der Waals surface area (Å²) in [5, 5.41) is 3.18. The minimum Gasteiger partial charge on any atom is -0.323 e. The molecule has 23 heavy (non-hydrogen) atoms. The van der Waals surface area contributed by atoms with Gasteiger partial charge in [0.05, 0.1) is 16.5 Å². The minimum atomic E-state index is -0.491. The number of hydrogen-bond donors (Lipinski definition) is 1. The van der Waals surface area contributed by atoms with E-state index in [9.17, 15) is 14.0 Å². The zero-order chi connectivity index (χ0) is 16.2. The standard InChI is InChI=1S/C16H16FN3O2S/c17-11-6-2-4-8-13(11)18-14(21)9-23-15-10-5-1-3-7-12(10)19-16(22)20-15/h2,4,6,8,10H,1,3,5,7,9H2,(H,18,21). The number of thioether (sulfide) groups is 1. The molecular weight excluding hydrogens is 317 g/mol. The fourth-order valence-corrected chi connectivity index (χ4v) is 3.69. The third-order valence-corrected chi connectivity index (χ3v) is 4.90. The molecule has 3 amide bonds. The molecule has 1 aliphatic carbocycles. The first kappa shape index (κ1) is 15.9. The van der Waals surface area contributed by atoms with E-state index >= 15 is 0 Å². The van der Waals surface area contributed by atoms with Gasteiger partial charge in [0.1, 0.15) is 5.82 Å². The zero-order valence-corrected chi connectivity index (χ0v) is 13.2. The number of carbonyl (C=O) groups is 2. The molecule has 3 rings (SSSR count). The maximum absolute atomic E-state index is 13.5. The Kier molecular flexibility index (Phi) is 4.85. The van der Waals surface area contributed by atoms with Crippen molar-refractivity contribution in [2.45, 2.75) is 25.7 Å². The maximum Gasteiger partial charge on any atom is 0.367 e. The molecule has 1 aliphatic heterocycles. The molecule has 0 bridgehead atoms. The predicted molar refractivity (Wildman–Crippen MR) is 89.7 cm³/mol. The lowest BCUT2D eigenvalue weighted by molar-refractivity contribution is -0.113. The van der Waals surface area contributed by atoms with E-state index in [-0.39, 0.29) is 23.3 Å². The molecule has 0 aromatic heterocycles. The summed E-state index contributed by atoms with van der Waals surface area (Å²) in [6, 6.07) is 5.52. The zero-order valence-electron chi connectivity index (χ0n) is 12.4. The molecule has 1 heterocycles. The second-order valence-electron chi connectivity index (χ2n) is 5.45. The Bertz CT molecular complexity index is 702. The third-order valence-electron chi connectivity index (χ3n) is 3.82. The van der Waals surface area contributed by atoms with Gasteiger partial charge in [-0.3, -0.25) is 4.79 Å². The van der Waals surface area contributed by atoms with Crippen LogP contribution in [0.5, 0.6) is 0 Å². The van der Waals surface area contributed by atoms with Gasteiger partial charge in [0.25, 0.3) is 0 Å². The number of carbonyl (C=O) groups excluding carboxylic acids is 2. The predicted octanol–water partition coefficient (Wildman–Crippen LogP) is 3.66. The highest BCUT2D eigenvalue weighted by atomic mass is 32.2. The summed E-state index contributed by atoms with van der Waals surface area (Å²) >= 11 is 1.23. The van der Waals surface area contributed by atoms with E-state index in [1.165, 1.54) is 23.9 Å². The molecule has 0 radical (unpaired) electrons. The van der Waals surface area contributed by atoms with Gasteiger partial charge >= 0.3 is 6.03 Å². The van der Waals surface area contributed by atoms with Crippen LogP contribution in [0.15, 0.2) is 34.3 Å². The second-order valence-corrected chi connectivity index (χ2v) is 6.45. The number of fused-ring (bicyclic) bond motifs is 1. The van der Waals surface area contributed by atoms with Gasteiger partial charge in [-0.2, -0.15) is 4.99 Å². The van der Waals surface area contributed by atoms with Crippen LogP contribution in [0.2, 0.25) is 0 Å². The number of urea groups is 1. The van der Waals surface area contributed by atoms with Gasteiger partial charge in [0, 0.05) is 11.6 Å². The molecule has 1 aromatic rings. The summed E-state index contributed by atoms with van der Waals surface area (Å²) in [6.45, 7) is 0. The number of nitrogens with one attached hydrogen (secondary N) is 1. The molecule has 1 fully saturated rings. The third kappa shape index (κ3) is 3.85. The summed E-state index contributed by atoms with van der Waals surface area (Å²) in [4.78, 5) is 31.5. The second kappa shape index (κ2) is 7.04. The van der Waals surface area contributed by atoms with Crippen LogP contribution in [0.1, 0.15) is 25.7 Å². The van der Waals surface area contributed by atoms with E-state index in [4.69, 9.17) is 0 Å². The molecule has 1 aromatic carbocycles. The van der Waals surface area contributed by atoms with Crippen molar-refractivity contribution in [2.75, 3.05) is 11.1 Å².